The Kier molecular flexibility index (Phi) is 4.68. The molecule has 0 aliphatic carbocycles. The molecule has 0 unspecified atom stereocenters. The normalized spacial score (nSPS) is 18.4. The molecule has 0 atom stereocenters. The van der Waals surface area contributed by atoms with E-state index >= 15 is 0 Å². The molecule has 0 fully saturated rings. The highest BCUT2D eigenvalue weighted by molar-refractivity contribution is 8.14. The first-order valence-electron chi connectivity index (χ1n) is 2.85. The second-order valence-corrected chi connectivity index (χ2v) is 2.73. The minimum Gasteiger partial charge on any atom is -0.451 e. The third-order valence-corrected chi connectivity index (χ3v) is 1.77. The van der Waals surface area contributed by atoms with E-state index in [0.29, 0.717) is 16.8 Å². The number of carbonyl (C=O) groups is 1. The van der Waals surface area contributed by atoms with Crippen molar-refractivity contribution in [1.29, 1.82) is 0 Å². The molecule has 0 saturated heterocycles. The van der Waals surface area contributed by atoms with Gasteiger partial charge in [-0.1, -0.05) is 11.8 Å². The second kappa shape index (κ2) is 5.00. The van der Waals surface area contributed by atoms with Crippen LogP contribution >= 0.6 is 24.2 Å². The van der Waals surface area contributed by atoms with Crippen LogP contribution in [0.15, 0.2) is 9.98 Å². The van der Waals surface area contributed by atoms with Crippen molar-refractivity contribution in [2.45, 2.75) is 0 Å². The van der Waals surface area contributed by atoms with Gasteiger partial charge in [0.05, 0.1) is 12.9 Å². The Balaban J connectivity index is 0.00000121. The molecule has 0 radical (unpaired) electrons. The van der Waals surface area contributed by atoms with E-state index in [4.69, 9.17) is 5.73 Å². The molecule has 2 N–H and O–H groups in total. The van der Waals surface area contributed by atoms with E-state index in [1.165, 1.54) is 18.9 Å². The highest BCUT2D eigenvalue weighted by atomic mass is 35.5. The lowest BCUT2D eigenvalue weighted by Gasteiger charge is -1.89. The molecule has 0 saturated carbocycles. The molecule has 1 heterocycles. The van der Waals surface area contributed by atoms with Gasteiger partial charge in [0.15, 0.2) is 5.17 Å². The van der Waals surface area contributed by atoms with Crippen molar-refractivity contribution in [3.8, 4) is 0 Å². The number of hydrogen-bond donors (Lipinski definition) is 1. The molecular weight excluding hydrogens is 202 g/mol. The van der Waals surface area contributed by atoms with E-state index < -0.39 is 6.09 Å². The summed E-state index contributed by atoms with van der Waals surface area (Å²) in [7, 11) is 1.27. The molecule has 0 aromatic carbocycles. The number of amides is 1. The SMILES string of the molecule is COC(=O)N=C1CSC(N)=N1.Cl. The fourth-order valence-corrected chi connectivity index (χ4v) is 1.11. The first kappa shape index (κ1) is 11.2. The van der Waals surface area contributed by atoms with Crippen LogP contribution in [0.5, 0.6) is 0 Å². The number of carbonyl (C=O) groups excluding carboxylic acids is 1. The van der Waals surface area contributed by atoms with Crippen LogP contribution in [0.2, 0.25) is 0 Å². The maximum atomic E-state index is 10.5. The molecule has 5 nitrogen and oxygen atoms in total. The van der Waals surface area contributed by atoms with Crippen LogP contribution < -0.4 is 5.73 Å². The Morgan fingerprint density at radius 3 is 2.92 bits per heavy atom. The molecule has 0 spiro atoms. The van der Waals surface area contributed by atoms with Crippen LogP contribution in [0.3, 0.4) is 0 Å². The topological polar surface area (TPSA) is 77.0 Å². The van der Waals surface area contributed by atoms with Crippen molar-refractivity contribution >= 4 is 41.3 Å². The van der Waals surface area contributed by atoms with E-state index in [-0.39, 0.29) is 12.4 Å². The van der Waals surface area contributed by atoms with Crippen LogP contribution in [0.25, 0.3) is 0 Å². The minimum absolute atomic E-state index is 0. The van der Waals surface area contributed by atoms with Crippen molar-refractivity contribution in [3.05, 3.63) is 0 Å². The van der Waals surface area contributed by atoms with Crippen LogP contribution in [-0.4, -0.2) is 30.0 Å². The van der Waals surface area contributed by atoms with Gasteiger partial charge in [-0.05, 0) is 0 Å². The van der Waals surface area contributed by atoms with Gasteiger partial charge in [-0.25, -0.2) is 9.79 Å². The molecular formula is C5H8ClN3O2S. The van der Waals surface area contributed by atoms with Crippen molar-refractivity contribution < 1.29 is 9.53 Å². The van der Waals surface area contributed by atoms with Gasteiger partial charge in [0.2, 0.25) is 0 Å². The van der Waals surface area contributed by atoms with Gasteiger partial charge >= 0.3 is 6.09 Å². The summed E-state index contributed by atoms with van der Waals surface area (Å²) in [6.45, 7) is 0. The number of nitrogens with zero attached hydrogens (tertiary/aromatic N) is 2. The number of ether oxygens (including phenoxy) is 1. The smallest absolute Gasteiger partial charge is 0.435 e. The summed E-state index contributed by atoms with van der Waals surface area (Å²) in [4.78, 5) is 17.8. The number of rotatable bonds is 0. The first-order valence-corrected chi connectivity index (χ1v) is 3.83. The maximum Gasteiger partial charge on any atom is 0.435 e. The average Bonchev–Trinajstić information content (AvgIpc) is 2.35. The summed E-state index contributed by atoms with van der Waals surface area (Å²) < 4.78 is 4.30. The maximum absolute atomic E-state index is 10.5. The Labute approximate surface area is 79.9 Å². The van der Waals surface area contributed by atoms with Crippen LogP contribution in [0, 0.1) is 0 Å². The fourth-order valence-electron chi connectivity index (χ4n) is 0.539. The Morgan fingerprint density at radius 2 is 2.50 bits per heavy atom. The molecule has 7 heteroatoms. The lowest BCUT2D eigenvalue weighted by molar-refractivity contribution is 0.182. The number of halogens is 1. The third-order valence-electron chi connectivity index (χ3n) is 0.983. The number of amidine groups is 2. The van der Waals surface area contributed by atoms with Gasteiger partial charge in [-0.3, -0.25) is 0 Å². The van der Waals surface area contributed by atoms with Crippen molar-refractivity contribution in [1.82, 2.24) is 0 Å². The van der Waals surface area contributed by atoms with Gasteiger partial charge < -0.3 is 10.5 Å². The summed E-state index contributed by atoms with van der Waals surface area (Å²) in [6.07, 6.45) is -0.640. The molecule has 1 rings (SSSR count). The molecule has 0 aromatic heterocycles. The molecule has 0 bridgehead atoms. The zero-order chi connectivity index (χ0) is 8.27. The standard InChI is InChI=1S/C5H7N3O2S.ClH/c1-10-5(9)8-3-2-11-4(6)7-3;/h2H2,1H3,(H2,6,7,8,9);1H. The monoisotopic (exact) mass is 209 g/mol. The second-order valence-electron chi connectivity index (χ2n) is 1.74. The summed E-state index contributed by atoms with van der Waals surface area (Å²) >= 11 is 1.35. The molecule has 12 heavy (non-hydrogen) atoms. The lowest BCUT2D eigenvalue weighted by Crippen LogP contribution is -2.02. The van der Waals surface area contributed by atoms with Crippen LogP contribution in [0.1, 0.15) is 0 Å². The van der Waals surface area contributed by atoms with Gasteiger partial charge in [0.25, 0.3) is 0 Å². The van der Waals surface area contributed by atoms with E-state index in [2.05, 4.69) is 14.7 Å². The fraction of sp³-hybridized carbons (Fsp3) is 0.400. The Bertz CT molecular complexity index is 241. The summed E-state index contributed by atoms with van der Waals surface area (Å²) in [5, 5.41) is 0.438. The third kappa shape index (κ3) is 3.10. The number of hydrogen-bond acceptors (Lipinski definition) is 4. The highest BCUT2D eigenvalue weighted by Gasteiger charge is 2.11. The van der Waals surface area contributed by atoms with Crippen LogP contribution in [-0.2, 0) is 4.74 Å². The molecule has 0 aromatic rings. The van der Waals surface area contributed by atoms with Gasteiger partial charge in [-0.15, -0.1) is 12.4 Å². The molecule has 1 aliphatic rings. The zero-order valence-corrected chi connectivity index (χ0v) is 7.94. The Hall–Kier alpha value is -0.750. The van der Waals surface area contributed by atoms with E-state index in [0.717, 1.165) is 0 Å². The van der Waals surface area contributed by atoms with Crippen molar-refractivity contribution in [2.24, 2.45) is 15.7 Å². The summed E-state index contributed by atoms with van der Waals surface area (Å²) in [6, 6.07) is 0. The largest absolute Gasteiger partial charge is 0.451 e. The highest BCUT2D eigenvalue weighted by Crippen LogP contribution is 2.10. The average molecular weight is 210 g/mol. The number of aliphatic imine (C=N–C) groups is 2. The zero-order valence-electron chi connectivity index (χ0n) is 6.31. The minimum atomic E-state index is -0.640. The van der Waals surface area contributed by atoms with E-state index in [9.17, 15) is 4.79 Å². The van der Waals surface area contributed by atoms with E-state index in [1.54, 1.807) is 0 Å². The number of thioether (sulfide) groups is 1. The molecule has 1 amide bonds. The first-order chi connectivity index (χ1) is 5.22. The molecule has 1 aliphatic heterocycles. The van der Waals surface area contributed by atoms with Gasteiger partial charge in [0.1, 0.15) is 5.84 Å². The summed E-state index contributed by atoms with van der Waals surface area (Å²) in [5.74, 6) is 0.959. The predicted molar refractivity (Wildman–Crippen MR) is 51.2 cm³/mol. The Morgan fingerprint density at radius 1 is 1.83 bits per heavy atom. The predicted octanol–water partition coefficient (Wildman–Crippen LogP) is 0.635. The number of methoxy groups -OCH3 is 1. The summed E-state index contributed by atoms with van der Waals surface area (Å²) in [5.41, 5.74) is 5.32. The van der Waals surface area contributed by atoms with Crippen LogP contribution in [0.4, 0.5) is 4.79 Å². The van der Waals surface area contributed by atoms with Crippen molar-refractivity contribution in [3.63, 3.8) is 0 Å². The van der Waals surface area contributed by atoms with E-state index in [1.807, 2.05) is 0 Å². The van der Waals surface area contributed by atoms with Crippen molar-refractivity contribution in [2.75, 3.05) is 12.9 Å². The quantitative estimate of drug-likeness (QED) is 0.635. The molecule has 68 valence electrons. The number of nitrogens with two attached hydrogens (primary N) is 1. The van der Waals surface area contributed by atoms with Gasteiger partial charge in [-0.2, -0.15) is 4.99 Å². The van der Waals surface area contributed by atoms with Gasteiger partial charge in [0, 0.05) is 0 Å². The lowest BCUT2D eigenvalue weighted by atomic mass is 10.7.